The van der Waals surface area contributed by atoms with E-state index in [2.05, 4.69) is 19.8 Å². The van der Waals surface area contributed by atoms with Crippen molar-refractivity contribution in [1.82, 2.24) is 19.8 Å². The fourth-order valence-corrected chi connectivity index (χ4v) is 4.97. The molecule has 0 aromatic carbocycles. The molecule has 150 valence electrons. The molecule has 0 radical (unpaired) electrons. The molecule has 1 aliphatic carbocycles. The van der Waals surface area contributed by atoms with Crippen molar-refractivity contribution in [3.63, 3.8) is 0 Å². The number of hydrogen-bond donors (Lipinski definition) is 1. The zero-order chi connectivity index (χ0) is 18.5. The topological polar surface area (TPSA) is 61.7 Å². The number of aliphatic hydroxyl groups is 1. The van der Waals surface area contributed by atoms with Crippen molar-refractivity contribution >= 4 is 0 Å². The molecule has 6 heteroatoms. The minimum atomic E-state index is 0.280. The summed E-state index contributed by atoms with van der Waals surface area (Å²) in [5.41, 5.74) is 1.19. The minimum Gasteiger partial charge on any atom is -0.396 e. The summed E-state index contributed by atoms with van der Waals surface area (Å²) in [6, 6.07) is 0. The van der Waals surface area contributed by atoms with Crippen molar-refractivity contribution in [3.05, 3.63) is 23.8 Å². The van der Waals surface area contributed by atoms with E-state index in [-0.39, 0.29) is 6.61 Å². The zero-order valence-electron chi connectivity index (χ0n) is 16.4. The number of rotatable bonds is 6. The van der Waals surface area contributed by atoms with Crippen molar-refractivity contribution in [1.29, 1.82) is 0 Å². The number of ether oxygens (including phenoxy) is 1. The lowest BCUT2D eigenvalue weighted by atomic mass is 9.89. The predicted octanol–water partition coefficient (Wildman–Crippen LogP) is 1.90. The van der Waals surface area contributed by atoms with Gasteiger partial charge in [0.05, 0.1) is 13.2 Å². The number of nitrogens with zero attached hydrogens (tertiary/aromatic N) is 4. The third-order valence-electron chi connectivity index (χ3n) is 6.58. The fourth-order valence-electron chi connectivity index (χ4n) is 4.97. The Hall–Kier alpha value is -1.08. The van der Waals surface area contributed by atoms with Crippen LogP contribution < -0.4 is 0 Å². The Bertz CT molecular complexity index is 570. The van der Waals surface area contributed by atoms with Gasteiger partial charge in [-0.25, -0.2) is 9.97 Å². The molecule has 1 aromatic heterocycles. The van der Waals surface area contributed by atoms with Crippen molar-refractivity contribution in [2.45, 2.75) is 44.6 Å². The SMILES string of the molecule is OC[C@@H]1CN(Cc2cnc(C3CCCCC3)nc2)C[C@@H]1CN1CCOCC1. The summed E-state index contributed by atoms with van der Waals surface area (Å²) >= 11 is 0. The van der Waals surface area contributed by atoms with Gasteiger partial charge in [0.2, 0.25) is 0 Å². The molecule has 2 saturated heterocycles. The summed E-state index contributed by atoms with van der Waals surface area (Å²) in [6.07, 6.45) is 10.5. The van der Waals surface area contributed by atoms with Crippen LogP contribution in [0.4, 0.5) is 0 Å². The first-order chi connectivity index (χ1) is 13.3. The van der Waals surface area contributed by atoms with E-state index in [4.69, 9.17) is 4.74 Å². The highest BCUT2D eigenvalue weighted by molar-refractivity contribution is 5.08. The van der Waals surface area contributed by atoms with Gasteiger partial charge in [-0.05, 0) is 24.7 Å². The van der Waals surface area contributed by atoms with Gasteiger partial charge in [0.15, 0.2) is 0 Å². The predicted molar refractivity (Wildman–Crippen MR) is 104 cm³/mol. The van der Waals surface area contributed by atoms with Crippen molar-refractivity contribution in [2.24, 2.45) is 11.8 Å². The van der Waals surface area contributed by atoms with Gasteiger partial charge < -0.3 is 9.84 Å². The fraction of sp³-hybridized carbons (Fsp3) is 0.810. The second-order valence-electron chi connectivity index (χ2n) is 8.59. The molecule has 3 heterocycles. The lowest BCUT2D eigenvalue weighted by Gasteiger charge is -2.30. The van der Waals surface area contributed by atoms with E-state index < -0.39 is 0 Å². The van der Waals surface area contributed by atoms with Crippen molar-refractivity contribution < 1.29 is 9.84 Å². The van der Waals surface area contributed by atoms with Gasteiger partial charge in [-0.2, -0.15) is 0 Å². The summed E-state index contributed by atoms with van der Waals surface area (Å²) in [5, 5.41) is 9.84. The second kappa shape index (κ2) is 9.41. The van der Waals surface area contributed by atoms with Gasteiger partial charge >= 0.3 is 0 Å². The molecule has 0 bridgehead atoms. The first-order valence-corrected chi connectivity index (χ1v) is 10.8. The van der Waals surface area contributed by atoms with Crippen LogP contribution in [0, 0.1) is 11.8 Å². The van der Waals surface area contributed by atoms with Gasteiger partial charge in [-0.3, -0.25) is 9.80 Å². The van der Waals surface area contributed by atoms with Crippen LogP contribution in [0.25, 0.3) is 0 Å². The Morgan fingerprint density at radius 2 is 1.67 bits per heavy atom. The molecule has 1 saturated carbocycles. The number of aliphatic hydroxyl groups excluding tert-OH is 1. The van der Waals surface area contributed by atoms with Crippen LogP contribution >= 0.6 is 0 Å². The zero-order valence-corrected chi connectivity index (χ0v) is 16.4. The molecule has 1 N–H and O–H groups in total. The van der Waals surface area contributed by atoms with E-state index in [1.165, 1.54) is 37.7 Å². The summed E-state index contributed by atoms with van der Waals surface area (Å²) in [7, 11) is 0. The van der Waals surface area contributed by atoms with Crippen LogP contribution in [0.5, 0.6) is 0 Å². The molecule has 2 atom stereocenters. The van der Waals surface area contributed by atoms with E-state index in [9.17, 15) is 5.11 Å². The Balaban J connectivity index is 1.31. The molecule has 27 heavy (non-hydrogen) atoms. The third kappa shape index (κ3) is 5.05. The van der Waals surface area contributed by atoms with Crippen LogP contribution in [0.3, 0.4) is 0 Å². The van der Waals surface area contributed by atoms with Gasteiger partial charge in [-0.15, -0.1) is 0 Å². The monoisotopic (exact) mass is 374 g/mol. The van der Waals surface area contributed by atoms with E-state index in [1.54, 1.807) is 0 Å². The maximum atomic E-state index is 9.84. The van der Waals surface area contributed by atoms with Crippen LogP contribution in [0.1, 0.15) is 49.4 Å². The molecule has 2 aliphatic heterocycles. The highest BCUT2D eigenvalue weighted by Crippen LogP contribution is 2.30. The van der Waals surface area contributed by atoms with E-state index in [0.29, 0.717) is 17.8 Å². The standard InChI is InChI=1S/C21H34N4O2/c26-16-20-15-25(14-19(20)13-24-6-8-27-9-7-24)12-17-10-22-21(23-11-17)18-4-2-1-3-5-18/h10-11,18-20,26H,1-9,12-16H2/t19-,20-/m0/s1. The summed E-state index contributed by atoms with van der Waals surface area (Å²) < 4.78 is 5.46. The van der Waals surface area contributed by atoms with E-state index >= 15 is 0 Å². The Labute approximate surface area is 162 Å². The van der Waals surface area contributed by atoms with Gasteiger partial charge in [0.1, 0.15) is 5.82 Å². The molecule has 3 aliphatic rings. The third-order valence-corrected chi connectivity index (χ3v) is 6.58. The molecule has 4 rings (SSSR count). The Kier molecular flexibility index (Phi) is 6.71. The smallest absolute Gasteiger partial charge is 0.131 e. The molecule has 0 unspecified atom stereocenters. The maximum absolute atomic E-state index is 9.84. The lowest BCUT2D eigenvalue weighted by Crippen LogP contribution is -2.41. The van der Waals surface area contributed by atoms with Crippen molar-refractivity contribution in [2.75, 3.05) is 52.5 Å². The Morgan fingerprint density at radius 3 is 2.37 bits per heavy atom. The largest absolute Gasteiger partial charge is 0.396 e. The first kappa shape index (κ1) is 19.2. The highest BCUT2D eigenvalue weighted by atomic mass is 16.5. The van der Waals surface area contributed by atoms with E-state index in [1.807, 2.05) is 12.4 Å². The number of likely N-dealkylation sites (tertiary alicyclic amines) is 1. The van der Waals surface area contributed by atoms with Crippen LogP contribution in [-0.4, -0.2) is 77.4 Å². The molecule has 0 spiro atoms. The highest BCUT2D eigenvalue weighted by Gasteiger charge is 2.33. The number of aromatic nitrogens is 2. The number of hydrogen-bond acceptors (Lipinski definition) is 6. The summed E-state index contributed by atoms with van der Waals surface area (Å²) in [5.74, 6) is 2.51. The summed E-state index contributed by atoms with van der Waals surface area (Å²) in [4.78, 5) is 14.3. The maximum Gasteiger partial charge on any atom is 0.131 e. The second-order valence-corrected chi connectivity index (χ2v) is 8.59. The van der Waals surface area contributed by atoms with Gasteiger partial charge in [-0.1, -0.05) is 19.3 Å². The minimum absolute atomic E-state index is 0.280. The number of morpholine rings is 1. The lowest BCUT2D eigenvalue weighted by molar-refractivity contribution is 0.0264. The average molecular weight is 375 g/mol. The molecule has 3 fully saturated rings. The molecular weight excluding hydrogens is 340 g/mol. The van der Waals surface area contributed by atoms with Gasteiger partial charge in [0, 0.05) is 69.8 Å². The van der Waals surface area contributed by atoms with E-state index in [0.717, 1.165) is 58.3 Å². The quantitative estimate of drug-likeness (QED) is 0.821. The summed E-state index contributed by atoms with van der Waals surface area (Å²) in [6.45, 7) is 7.97. The normalized spacial score (nSPS) is 28.6. The Morgan fingerprint density at radius 1 is 0.963 bits per heavy atom. The molecular formula is C21H34N4O2. The van der Waals surface area contributed by atoms with Gasteiger partial charge in [0.25, 0.3) is 0 Å². The molecule has 6 nitrogen and oxygen atoms in total. The first-order valence-electron chi connectivity index (χ1n) is 10.8. The molecule has 1 aromatic rings. The average Bonchev–Trinajstić information content (AvgIpc) is 3.11. The van der Waals surface area contributed by atoms with Crippen molar-refractivity contribution in [3.8, 4) is 0 Å². The molecule has 0 amide bonds. The van der Waals surface area contributed by atoms with Crippen LogP contribution in [-0.2, 0) is 11.3 Å². The van der Waals surface area contributed by atoms with Crippen LogP contribution in [0.2, 0.25) is 0 Å². The van der Waals surface area contributed by atoms with Crippen LogP contribution in [0.15, 0.2) is 12.4 Å².